The lowest BCUT2D eigenvalue weighted by Crippen LogP contribution is -2.39. The van der Waals surface area contributed by atoms with E-state index in [9.17, 15) is 0 Å². The van der Waals surface area contributed by atoms with Gasteiger partial charge in [-0.1, -0.05) is 54.3 Å². The van der Waals surface area contributed by atoms with Gasteiger partial charge in [0.1, 0.15) is 0 Å². The van der Waals surface area contributed by atoms with Gasteiger partial charge in [0, 0.05) is 12.3 Å². The van der Waals surface area contributed by atoms with Gasteiger partial charge in [-0.05, 0) is 19.3 Å². The lowest BCUT2D eigenvalue weighted by molar-refractivity contribution is 0.0660. The van der Waals surface area contributed by atoms with Crippen molar-refractivity contribution < 1.29 is 4.74 Å². The van der Waals surface area contributed by atoms with Gasteiger partial charge in [-0.3, -0.25) is 0 Å². The summed E-state index contributed by atoms with van der Waals surface area (Å²) in [5, 5.41) is 3.14. The largest absolute Gasteiger partial charge is 0.382 e. The third-order valence-electron chi connectivity index (χ3n) is 3.56. The maximum atomic E-state index is 5.85. The Kier molecular flexibility index (Phi) is 4.23. The Morgan fingerprint density at radius 1 is 1.12 bits per heavy atom. The molecule has 17 heavy (non-hydrogen) atoms. The Labute approximate surface area is 108 Å². The summed E-state index contributed by atoms with van der Waals surface area (Å²) in [5.41, 5.74) is 0.599. The fourth-order valence-corrected chi connectivity index (χ4v) is 5.35. The second-order valence-corrected chi connectivity index (χ2v) is 13.4. The van der Waals surface area contributed by atoms with Crippen LogP contribution in [-0.4, -0.2) is 29.9 Å². The van der Waals surface area contributed by atoms with E-state index in [2.05, 4.69) is 43.9 Å². The van der Waals surface area contributed by atoms with Gasteiger partial charge in [0.05, 0.1) is 17.6 Å². The molecule has 0 saturated carbocycles. The molecule has 0 bridgehead atoms. The Hall–Kier alpha value is -0.386. The first-order valence-electron chi connectivity index (χ1n) is 6.77. The maximum absolute atomic E-state index is 5.85. The quantitative estimate of drug-likeness (QED) is 0.753. The molecular weight excluding hydrogens is 240 g/mol. The summed E-state index contributed by atoms with van der Waals surface area (Å²) < 4.78 is 5.85. The lowest BCUT2D eigenvalue weighted by Gasteiger charge is -2.22. The zero-order valence-electron chi connectivity index (χ0n) is 11.3. The van der Waals surface area contributed by atoms with Crippen LogP contribution in [0, 0.1) is 0 Å². The molecule has 1 atom stereocenters. The first-order valence-corrected chi connectivity index (χ1v) is 11.8. The number of hydrogen-bond donors (Lipinski definition) is 0. The molecule has 94 valence electrons. The molecule has 1 fully saturated rings. The molecular formula is C14H24OSi2. The summed E-state index contributed by atoms with van der Waals surface area (Å²) in [5.74, 6) is 0. The summed E-state index contributed by atoms with van der Waals surface area (Å²) in [7, 11) is -1.35. The first-order chi connectivity index (χ1) is 8.05. The van der Waals surface area contributed by atoms with Crippen LogP contribution < -0.4 is 10.4 Å². The SMILES string of the molecule is C[Si](C)(C)c1ccc([SiH2]C2CCCCO2)cc1. The molecule has 1 nitrogen and oxygen atoms in total. The minimum atomic E-state index is -1.12. The third kappa shape index (κ3) is 3.80. The van der Waals surface area contributed by atoms with Gasteiger partial charge in [0.2, 0.25) is 0 Å². The van der Waals surface area contributed by atoms with E-state index in [4.69, 9.17) is 4.74 Å². The Bertz CT molecular complexity index is 347. The van der Waals surface area contributed by atoms with Crippen LogP contribution in [0.15, 0.2) is 24.3 Å². The van der Waals surface area contributed by atoms with E-state index in [-0.39, 0.29) is 9.52 Å². The van der Waals surface area contributed by atoms with Crippen LogP contribution in [0.1, 0.15) is 19.3 Å². The van der Waals surface area contributed by atoms with Crippen molar-refractivity contribution in [3.63, 3.8) is 0 Å². The zero-order chi connectivity index (χ0) is 12.3. The van der Waals surface area contributed by atoms with Crippen LogP contribution in [0.3, 0.4) is 0 Å². The number of hydrogen-bond acceptors (Lipinski definition) is 1. The average molecular weight is 265 g/mol. The lowest BCUT2D eigenvalue weighted by atomic mass is 10.2. The van der Waals surface area contributed by atoms with Crippen molar-refractivity contribution in [1.29, 1.82) is 0 Å². The fraction of sp³-hybridized carbons (Fsp3) is 0.571. The predicted octanol–water partition coefficient (Wildman–Crippen LogP) is 1.55. The molecule has 1 aliphatic heterocycles. The van der Waals surface area contributed by atoms with Crippen LogP contribution in [0.5, 0.6) is 0 Å². The summed E-state index contributed by atoms with van der Waals surface area (Å²) in [6, 6.07) is 9.43. The van der Waals surface area contributed by atoms with E-state index in [0.717, 1.165) is 6.61 Å². The standard InChI is InChI=1S/C14H24OSi2/c1-17(2,3)13-9-7-12(8-10-13)16-14-6-4-5-11-15-14/h7-10,14H,4-6,11,16H2,1-3H3. The second kappa shape index (κ2) is 5.50. The molecule has 1 unspecified atom stereocenters. The van der Waals surface area contributed by atoms with Crippen LogP contribution in [0.2, 0.25) is 19.6 Å². The maximum Gasteiger partial charge on any atom is 0.0887 e. The van der Waals surface area contributed by atoms with Crippen molar-refractivity contribution in [3.05, 3.63) is 24.3 Å². The summed E-state index contributed by atoms with van der Waals surface area (Å²) >= 11 is 0. The summed E-state index contributed by atoms with van der Waals surface area (Å²) in [4.78, 5) is 0. The molecule has 2 rings (SSSR count). The van der Waals surface area contributed by atoms with Crippen molar-refractivity contribution >= 4 is 28.0 Å². The minimum absolute atomic E-state index is 0.224. The fourth-order valence-electron chi connectivity index (χ4n) is 2.37. The van der Waals surface area contributed by atoms with Gasteiger partial charge in [0.25, 0.3) is 0 Å². The minimum Gasteiger partial charge on any atom is -0.382 e. The molecule has 0 spiro atoms. The van der Waals surface area contributed by atoms with Crippen molar-refractivity contribution in [2.24, 2.45) is 0 Å². The zero-order valence-corrected chi connectivity index (χ0v) is 13.7. The van der Waals surface area contributed by atoms with E-state index in [1.807, 2.05) is 0 Å². The molecule has 1 saturated heterocycles. The van der Waals surface area contributed by atoms with E-state index >= 15 is 0 Å². The summed E-state index contributed by atoms with van der Waals surface area (Å²) in [6.45, 7) is 8.21. The van der Waals surface area contributed by atoms with Gasteiger partial charge in [0.15, 0.2) is 0 Å². The highest BCUT2D eigenvalue weighted by atomic mass is 28.3. The van der Waals surface area contributed by atoms with Crippen molar-refractivity contribution in [2.75, 3.05) is 6.61 Å². The Morgan fingerprint density at radius 3 is 2.35 bits per heavy atom. The third-order valence-corrected chi connectivity index (χ3v) is 7.66. The van der Waals surface area contributed by atoms with Crippen LogP contribution in [0.4, 0.5) is 0 Å². The van der Waals surface area contributed by atoms with Crippen molar-refractivity contribution in [3.8, 4) is 0 Å². The van der Waals surface area contributed by atoms with Gasteiger partial charge in [-0.2, -0.15) is 0 Å². The average Bonchev–Trinajstić information content (AvgIpc) is 2.30. The number of benzene rings is 1. The molecule has 0 aromatic heterocycles. The van der Waals surface area contributed by atoms with E-state index in [1.165, 1.54) is 19.3 Å². The molecule has 1 aromatic rings. The van der Waals surface area contributed by atoms with Crippen LogP contribution >= 0.6 is 0 Å². The van der Waals surface area contributed by atoms with Gasteiger partial charge < -0.3 is 4.74 Å². The summed E-state index contributed by atoms with van der Waals surface area (Å²) in [6.07, 6.45) is 3.92. The van der Waals surface area contributed by atoms with Crippen LogP contribution in [0.25, 0.3) is 0 Å². The highest BCUT2D eigenvalue weighted by Crippen LogP contribution is 2.11. The Morgan fingerprint density at radius 2 is 1.82 bits per heavy atom. The first kappa shape index (κ1) is 13.1. The molecule has 1 aliphatic rings. The molecule has 1 aromatic carbocycles. The predicted molar refractivity (Wildman–Crippen MR) is 81.2 cm³/mol. The van der Waals surface area contributed by atoms with Crippen LogP contribution in [-0.2, 0) is 4.74 Å². The van der Waals surface area contributed by atoms with E-state index < -0.39 is 8.07 Å². The van der Waals surface area contributed by atoms with Gasteiger partial charge >= 0.3 is 0 Å². The van der Waals surface area contributed by atoms with E-state index in [1.54, 1.807) is 10.4 Å². The number of rotatable bonds is 3. The molecule has 0 aliphatic carbocycles. The van der Waals surface area contributed by atoms with Crippen molar-refractivity contribution in [1.82, 2.24) is 0 Å². The van der Waals surface area contributed by atoms with Gasteiger partial charge in [-0.15, -0.1) is 0 Å². The topological polar surface area (TPSA) is 9.23 Å². The molecule has 0 N–H and O–H groups in total. The highest BCUT2D eigenvalue weighted by Gasteiger charge is 2.17. The normalized spacial score (nSPS) is 22.2. The second-order valence-electron chi connectivity index (χ2n) is 6.14. The molecule has 0 amide bonds. The monoisotopic (exact) mass is 264 g/mol. The molecule has 1 heterocycles. The number of ether oxygens (including phenoxy) is 1. The molecule has 3 heteroatoms. The highest BCUT2D eigenvalue weighted by molar-refractivity contribution is 6.88. The van der Waals surface area contributed by atoms with E-state index in [0.29, 0.717) is 5.73 Å². The Balaban J connectivity index is 1.98. The van der Waals surface area contributed by atoms with Crippen molar-refractivity contribution in [2.45, 2.75) is 44.6 Å². The van der Waals surface area contributed by atoms with Gasteiger partial charge in [-0.25, -0.2) is 0 Å². The molecule has 0 radical (unpaired) electrons. The smallest absolute Gasteiger partial charge is 0.0887 e.